The maximum atomic E-state index is 12.5. The lowest BCUT2D eigenvalue weighted by atomic mass is 10.1. The average molecular weight is 537 g/mol. The Hall–Kier alpha value is -4.03. The van der Waals surface area contributed by atoms with E-state index in [1.54, 1.807) is 12.3 Å². The zero-order chi connectivity index (χ0) is 27.4. The number of alkyl halides is 4. The van der Waals surface area contributed by atoms with Crippen molar-refractivity contribution in [3.05, 3.63) is 65.7 Å². The van der Waals surface area contributed by atoms with Crippen molar-refractivity contribution in [2.75, 3.05) is 26.4 Å². The lowest BCUT2D eigenvalue weighted by molar-refractivity contribution is -0.123. The molecule has 0 unspecified atom stereocenters. The molecule has 0 saturated carbocycles. The molecule has 38 heavy (non-hydrogen) atoms. The number of nitrogens with zero attached hydrogens (tertiary/aromatic N) is 4. The molecule has 2 N–H and O–H groups in total. The van der Waals surface area contributed by atoms with Crippen LogP contribution in [-0.2, 0) is 6.42 Å². The highest BCUT2D eigenvalue weighted by atomic mass is 19.4. The van der Waals surface area contributed by atoms with Gasteiger partial charge in [-0.2, -0.15) is 13.2 Å². The summed E-state index contributed by atoms with van der Waals surface area (Å²) in [5.41, 5.74) is 1.15. The van der Waals surface area contributed by atoms with Crippen LogP contribution in [0.2, 0.25) is 0 Å². The first-order valence-corrected chi connectivity index (χ1v) is 12.1. The van der Waals surface area contributed by atoms with E-state index in [-0.39, 0.29) is 23.6 Å². The van der Waals surface area contributed by atoms with Crippen molar-refractivity contribution in [2.24, 2.45) is 0 Å². The molecule has 0 aliphatic carbocycles. The number of aromatic nitrogens is 4. The van der Waals surface area contributed by atoms with Crippen molar-refractivity contribution in [3.8, 4) is 11.4 Å². The SMILES string of the molecule is O=C(NCC(F)(F)F)c1ccc(-n2cc(C(=O)NCCc3ccccn3)nn2)c(OCCCCCCF)c1. The van der Waals surface area contributed by atoms with E-state index < -0.39 is 31.2 Å². The number of hydrogen-bond donors (Lipinski definition) is 2. The first kappa shape index (κ1) is 28.5. The summed E-state index contributed by atoms with van der Waals surface area (Å²) in [6.07, 6.45) is 1.48. The molecule has 0 spiro atoms. The average Bonchev–Trinajstić information content (AvgIpc) is 3.39. The van der Waals surface area contributed by atoms with E-state index >= 15 is 0 Å². The van der Waals surface area contributed by atoms with E-state index in [9.17, 15) is 27.2 Å². The number of nitrogens with one attached hydrogen (secondary N) is 2. The van der Waals surface area contributed by atoms with E-state index in [2.05, 4.69) is 20.6 Å². The first-order chi connectivity index (χ1) is 18.3. The van der Waals surface area contributed by atoms with Gasteiger partial charge in [-0.3, -0.25) is 19.0 Å². The molecule has 2 aromatic heterocycles. The van der Waals surface area contributed by atoms with Crippen LogP contribution in [0.25, 0.3) is 5.69 Å². The Kier molecular flexibility index (Phi) is 10.6. The number of benzene rings is 1. The molecule has 1 aromatic carbocycles. The second kappa shape index (κ2) is 14.1. The smallest absolute Gasteiger partial charge is 0.405 e. The summed E-state index contributed by atoms with van der Waals surface area (Å²) < 4.78 is 56.9. The summed E-state index contributed by atoms with van der Waals surface area (Å²) in [6.45, 7) is -1.31. The Morgan fingerprint density at radius 3 is 2.55 bits per heavy atom. The molecule has 0 fully saturated rings. The standard InChI is InChI=1S/C25H28F4N6O3/c26-11-4-1-2-6-14-38-22-15-18(23(36)32-17-25(27,28)29)8-9-21(22)35-16-20(33-34-35)24(37)31-13-10-19-7-3-5-12-30-19/h3,5,7-9,12,15-16H,1-2,4,6,10-11,13-14,17H2,(H,31,37)(H,32,36). The number of halogens is 4. The number of pyridine rings is 1. The fourth-order valence-electron chi connectivity index (χ4n) is 3.40. The summed E-state index contributed by atoms with van der Waals surface area (Å²) in [5.74, 6) is -1.21. The molecule has 0 atom stereocenters. The second-order valence-corrected chi connectivity index (χ2v) is 8.31. The molecule has 3 rings (SSSR count). The van der Waals surface area contributed by atoms with Gasteiger partial charge in [0.05, 0.1) is 19.5 Å². The lowest BCUT2D eigenvalue weighted by Gasteiger charge is -2.14. The molecule has 0 bridgehead atoms. The summed E-state index contributed by atoms with van der Waals surface area (Å²) >= 11 is 0. The van der Waals surface area contributed by atoms with E-state index in [1.165, 1.54) is 29.1 Å². The van der Waals surface area contributed by atoms with Gasteiger partial charge in [-0.15, -0.1) is 5.10 Å². The molecule has 3 aromatic rings. The maximum absolute atomic E-state index is 12.5. The Morgan fingerprint density at radius 1 is 1.00 bits per heavy atom. The van der Waals surface area contributed by atoms with Crippen LogP contribution in [0.3, 0.4) is 0 Å². The van der Waals surface area contributed by atoms with E-state index in [0.717, 1.165) is 12.1 Å². The monoisotopic (exact) mass is 536 g/mol. The highest BCUT2D eigenvalue weighted by Crippen LogP contribution is 2.25. The van der Waals surface area contributed by atoms with Gasteiger partial charge in [0.2, 0.25) is 0 Å². The molecule has 0 saturated heterocycles. The van der Waals surface area contributed by atoms with Crippen molar-refractivity contribution < 1.29 is 31.9 Å². The zero-order valence-corrected chi connectivity index (χ0v) is 20.5. The number of hydrogen-bond acceptors (Lipinski definition) is 6. The van der Waals surface area contributed by atoms with Crippen molar-refractivity contribution in [3.63, 3.8) is 0 Å². The Balaban J connectivity index is 1.70. The Morgan fingerprint density at radius 2 is 1.82 bits per heavy atom. The van der Waals surface area contributed by atoms with Crippen LogP contribution in [0.1, 0.15) is 52.2 Å². The van der Waals surface area contributed by atoms with Crippen LogP contribution in [0.15, 0.2) is 48.8 Å². The topological polar surface area (TPSA) is 111 Å². The van der Waals surface area contributed by atoms with Crippen LogP contribution >= 0.6 is 0 Å². The van der Waals surface area contributed by atoms with Gasteiger partial charge in [0.25, 0.3) is 11.8 Å². The van der Waals surface area contributed by atoms with Crippen molar-refractivity contribution in [2.45, 2.75) is 38.3 Å². The normalized spacial score (nSPS) is 11.3. The van der Waals surface area contributed by atoms with Crippen molar-refractivity contribution in [1.29, 1.82) is 0 Å². The molecular formula is C25H28F4N6O3. The minimum Gasteiger partial charge on any atom is -0.491 e. The van der Waals surface area contributed by atoms with Gasteiger partial charge in [-0.1, -0.05) is 17.7 Å². The largest absolute Gasteiger partial charge is 0.491 e. The quantitative estimate of drug-likeness (QED) is 0.239. The highest BCUT2D eigenvalue weighted by molar-refractivity contribution is 5.95. The van der Waals surface area contributed by atoms with E-state index in [0.29, 0.717) is 37.9 Å². The van der Waals surface area contributed by atoms with Gasteiger partial charge in [0, 0.05) is 30.4 Å². The highest BCUT2D eigenvalue weighted by Gasteiger charge is 2.28. The third kappa shape index (κ3) is 9.12. The molecular weight excluding hydrogens is 508 g/mol. The van der Waals surface area contributed by atoms with E-state index in [4.69, 9.17) is 4.74 Å². The Labute approximate surface area is 216 Å². The van der Waals surface area contributed by atoms with Gasteiger partial charge in [0.15, 0.2) is 5.69 Å². The van der Waals surface area contributed by atoms with Crippen LogP contribution < -0.4 is 15.4 Å². The minimum atomic E-state index is -4.55. The Bertz CT molecular complexity index is 1190. The molecule has 0 aliphatic rings. The number of carbonyl (C=O) groups excluding carboxylic acids is 2. The number of ether oxygens (including phenoxy) is 1. The number of carbonyl (C=O) groups is 2. The lowest BCUT2D eigenvalue weighted by Crippen LogP contribution is -2.33. The van der Waals surface area contributed by atoms with Gasteiger partial charge in [-0.25, -0.2) is 4.68 Å². The summed E-state index contributed by atoms with van der Waals surface area (Å²) in [4.78, 5) is 28.9. The van der Waals surface area contributed by atoms with Gasteiger partial charge in [-0.05, 0) is 49.6 Å². The molecule has 9 nitrogen and oxygen atoms in total. The van der Waals surface area contributed by atoms with Crippen LogP contribution in [0.4, 0.5) is 17.6 Å². The second-order valence-electron chi connectivity index (χ2n) is 8.31. The molecule has 204 valence electrons. The van der Waals surface area contributed by atoms with Crippen molar-refractivity contribution >= 4 is 11.8 Å². The summed E-state index contributed by atoms with van der Waals surface area (Å²) in [7, 11) is 0. The number of unbranched alkanes of at least 4 members (excludes halogenated alkanes) is 3. The molecule has 13 heteroatoms. The van der Waals surface area contributed by atoms with Crippen LogP contribution in [0.5, 0.6) is 5.75 Å². The fourth-order valence-corrected chi connectivity index (χ4v) is 3.40. The molecule has 0 aliphatic heterocycles. The van der Waals surface area contributed by atoms with Crippen molar-refractivity contribution in [1.82, 2.24) is 30.6 Å². The van der Waals surface area contributed by atoms with Crippen LogP contribution in [0, 0.1) is 0 Å². The molecule has 2 amide bonds. The third-order valence-electron chi connectivity index (χ3n) is 5.32. The maximum Gasteiger partial charge on any atom is 0.405 e. The van der Waals surface area contributed by atoms with E-state index in [1.807, 2.05) is 17.4 Å². The number of amides is 2. The zero-order valence-electron chi connectivity index (χ0n) is 20.5. The molecule has 0 radical (unpaired) electrons. The third-order valence-corrected chi connectivity index (χ3v) is 5.32. The first-order valence-electron chi connectivity index (χ1n) is 12.1. The minimum absolute atomic E-state index is 0.0372. The number of rotatable bonds is 14. The van der Waals surface area contributed by atoms with Gasteiger partial charge >= 0.3 is 6.18 Å². The van der Waals surface area contributed by atoms with Gasteiger partial charge < -0.3 is 15.4 Å². The predicted octanol–water partition coefficient (Wildman–Crippen LogP) is 3.84. The van der Waals surface area contributed by atoms with Crippen LogP contribution in [-0.4, -0.2) is 64.3 Å². The summed E-state index contributed by atoms with van der Waals surface area (Å²) in [5, 5.41) is 12.4. The van der Waals surface area contributed by atoms with Gasteiger partial charge in [0.1, 0.15) is 18.0 Å². The fraction of sp³-hybridized carbons (Fsp3) is 0.400. The predicted molar refractivity (Wildman–Crippen MR) is 130 cm³/mol. The summed E-state index contributed by atoms with van der Waals surface area (Å²) in [6, 6.07) is 9.56. The molecule has 2 heterocycles.